The summed E-state index contributed by atoms with van der Waals surface area (Å²) < 4.78 is 10.1. The van der Waals surface area contributed by atoms with Crippen molar-refractivity contribution in [3.63, 3.8) is 0 Å². The number of benzene rings is 1. The first kappa shape index (κ1) is 17.4. The highest BCUT2D eigenvalue weighted by molar-refractivity contribution is 6.01. The normalized spacial score (nSPS) is 11.4. The van der Waals surface area contributed by atoms with Crippen molar-refractivity contribution < 1.29 is 29.0 Å². The van der Waals surface area contributed by atoms with Crippen molar-refractivity contribution in [2.75, 3.05) is 6.61 Å². The first-order valence-corrected chi connectivity index (χ1v) is 6.70. The summed E-state index contributed by atoms with van der Waals surface area (Å²) in [4.78, 5) is 34.3. The van der Waals surface area contributed by atoms with Crippen molar-refractivity contribution in [3.05, 3.63) is 47.5 Å². The van der Waals surface area contributed by atoms with Crippen LogP contribution in [0.2, 0.25) is 0 Å². The van der Waals surface area contributed by atoms with Crippen LogP contribution in [0.25, 0.3) is 0 Å². The van der Waals surface area contributed by atoms with E-state index in [9.17, 15) is 19.5 Å². The predicted molar refractivity (Wildman–Crippen MR) is 76.0 cm³/mol. The van der Waals surface area contributed by atoms with Crippen molar-refractivity contribution in [2.24, 2.45) is 0 Å². The number of ether oxygens (including phenoxy) is 2. The first-order chi connectivity index (χ1) is 10.4. The zero-order chi connectivity index (χ0) is 16.7. The molecule has 1 aromatic rings. The van der Waals surface area contributed by atoms with Gasteiger partial charge in [0.1, 0.15) is 12.7 Å². The fourth-order valence-electron chi connectivity index (χ4n) is 1.57. The Morgan fingerprint density at radius 1 is 1.23 bits per heavy atom. The van der Waals surface area contributed by atoms with E-state index in [0.29, 0.717) is 6.42 Å². The highest BCUT2D eigenvalue weighted by Gasteiger charge is 2.18. The maximum atomic E-state index is 11.9. The smallest absolute Gasteiger partial charge is 0.338 e. The molecule has 0 aromatic heterocycles. The van der Waals surface area contributed by atoms with Crippen molar-refractivity contribution in [1.82, 2.24) is 0 Å². The molecule has 0 saturated carbocycles. The lowest BCUT2D eigenvalue weighted by molar-refractivity contribution is -0.255. The highest BCUT2D eigenvalue weighted by Crippen LogP contribution is 2.11. The number of carbonyl (C=O) groups is 3. The van der Waals surface area contributed by atoms with E-state index in [1.165, 1.54) is 31.2 Å². The molecule has 1 unspecified atom stereocenters. The Morgan fingerprint density at radius 2 is 1.82 bits per heavy atom. The Balaban J connectivity index is 2.71. The minimum absolute atomic E-state index is 0.108. The van der Waals surface area contributed by atoms with Crippen LogP contribution in [-0.4, -0.2) is 30.6 Å². The van der Waals surface area contributed by atoms with Crippen LogP contribution in [0.5, 0.6) is 0 Å². The molecule has 22 heavy (non-hydrogen) atoms. The summed E-state index contributed by atoms with van der Waals surface area (Å²) >= 11 is 0. The quantitative estimate of drug-likeness (QED) is 0.553. The molecule has 1 aromatic carbocycles. The highest BCUT2D eigenvalue weighted by atomic mass is 16.6. The number of hydrogen-bond acceptors (Lipinski definition) is 6. The number of rotatable bonds is 7. The van der Waals surface area contributed by atoms with E-state index >= 15 is 0 Å². The second kappa shape index (κ2) is 7.97. The largest absolute Gasteiger partial charge is 0.545 e. The number of carboxylic acid groups (broad SMARTS) is 1. The molecule has 1 atom stereocenters. The molecule has 0 aliphatic rings. The number of carboxylic acids is 1. The number of hydrogen-bond donors (Lipinski definition) is 0. The average molecular weight is 305 g/mol. The zero-order valence-corrected chi connectivity index (χ0v) is 12.5. The van der Waals surface area contributed by atoms with Crippen molar-refractivity contribution in [3.8, 4) is 0 Å². The Kier molecular flexibility index (Phi) is 6.31. The molecule has 6 nitrogen and oxygen atoms in total. The third-order valence-corrected chi connectivity index (χ3v) is 2.84. The van der Waals surface area contributed by atoms with E-state index in [2.05, 4.69) is 6.58 Å². The number of esters is 2. The zero-order valence-electron chi connectivity index (χ0n) is 12.5. The summed E-state index contributed by atoms with van der Waals surface area (Å²) in [6, 6.07) is 5.57. The molecule has 0 N–H and O–H groups in total. The van der Waals surface area contributed by atoms with Crippen LogP contribution in [0.1, 0.15) is 41.0 Å². The van der Waals surface area contributed by atoms with Gasteiger partial charge in [0.05, 0.1) is 11.5 Å². The van der Waals surface area contributed by atoms with E-state index in [4.69, 9.17) is 9.47 Å². The summed E-state index contributed by atoms with van der Waals surface area (Å²) in [5.74, 6) is -2.85. The molecule has 0 aliphatic heterocycles. The summed E-state index contributed by atoms with van der Waals surface area (Å²) in [5, 5.41) is 10.9. The van der Waals surface area contributed by atoms with Crippen LogP contribution in [0.15, 0.2) is 36.4 Å². The van der Waals surface area contributed by atoms with Gasteiger partial charge >= 0.3 is 11.9 Å². The van der Waals surface area contributed by atoms with E-state index in [-0.39, 0.29) is 23.3 Å². The molecule has 0 radical (unpaired) electrons. The molecule has 0 amide bonds. The van der Waals surface area contributed by atoms with Crippen LogP contribution >= 0.6 is 0 Å². The van der Waals surface area contributed by atoms with Gasteiger partial charge in [-0.15, -0.1) is 0 Å². The van der Waals surface area contributed by atoms with E-state index in [0.717, 1.165) is 0 Å². The molecule has 0 fully saturated rings. The van der Waals surface area contributed by atoms with Crippen molar-refractivity contribution in [1.29, 1.82) is 0 Å². The fourth-order valence-corrected chi connectivity index (χ4v) is 1.57. The molecule has 6 heteroatoms. The van der Waals surface area contributed by atoms with Gasteiger partial charge in [0.25, 0.3) is 0 Å². The van der Waals surface area contributed by atoms with Crippen LogP contribution in [0.3, 0.4) is 0 Å². The topological polar surface area (TPSA) is 92.7 Å². The molecule has 0 heterocycles. The molecule has 1 rings (SSSR count). The van der Waals surface area contributed by atoms with Gasteiger partial charge in [0.2, 0.25) is 0 Å². The Labute approximate surface area is 128 Å². The van der Waals surface area contributed by atoms with Gasteiger partial charge in [0, 0.05) is 11.1 Å². The summed E-state index contributed by atoms with van der Waals surface area (Å²) in [7, 11) is 0. The first-order valence-electron chi connectivity index (χ1n) is 6.70. The third kappa shape index (κ3) is 4.73. The summed E-state index contributed by atoms with van der Waals surface area (Å²) in [5.41, 5.74) is -0.116. The predicted octanol–water partition coefficient (Wildman–Crippen LogP) is 1.10. The van der Waals surface area contributed by atoms with Crippen LogP contribution in [0, 0.1) is 0 Å². The second-order valence-corrected chi connectivity index (χ2v) is 4.65. The molecular formula is C16H17O6-. The summed E-state index contributed by atoms with van der Waals surface area (Å²) in [6.07, 6.45) is -0.183. The van der Waals surface area contributed by atoms with Crippen LogP contribution < -0.4 is 5.11 Å². The van der Waals surface area contributed by atoms with Gasteiger partial charge in [-0.05, 0) is 19.4 Å². The van der Waals surface area contributed by atoms with Gasteiger partial charge in [0.15, 0.2) is 0 Å². The Bertz CT molecular complexity index is 590. The molecule has 0 saturated heterocycles. The van der Waals surface area contributed by atoms with Crippen LogP contribution in [-0.2, 0) is 14.3 Å². The number of carbonyl (C=O) groups excluding carboxylic acids is 3. The maximum Gasteiger partial charge on any atom is 0.338 e. The van der Waals surface area contributed by atoms with Crippen molar-refractivity contribution in [2.45, 2.75) is 26.4 Å². The lowest BCUT2D eigenvalue weighted by atomic mass is 10.1. The summed E-state index contributed by atoms with van der Waals surface area (Å²) in [6.45, 7) is 6.57. The van der Waals surface area contributed by atoms with Gasteiger partial charge in [-0.25, -0.2) is 9.59 Å². The average Bonchev–Trinajstić information content (AvgIpc) is 2.50. The second-order valence-electron chi connectivity index (χ2n) is 4.65. The molecule has 0 aliphatic carbocycles. The van der Waals surface area contributed by atoms with Gasteiger partial charge in [-0.3, -0.25) is 0 Å². The standard InChI is InChI=1S/C16H18O6/c1-4-11(22-15(19)10(2)3)9-21-16(20)13-8-6-5-7-12(13)14(17)18/h5-8,11H,2,4,9H2,1,3H3,(H,17,18)/p-1. The minimum atomic E-state index is -1.46. The van der Waals surface area contributed by atoms with E-state index in [1.807, 2.05) is 0 Å². The molecule has 0 spiro atoms. The van der Waals surface area contributed by atoms with Gasteiger partial charge in [-0.1, -0.05) is 31.7 Å². The molecule has 0 bridgehead atoms. The molecule has 118 valence electrons. The SMILES string of the molecule is C=C(C)C(=O)OC(CC)COC(=O)c1ccccc1C(=O)[O-]. The fraction of sp³-hybridized carbons (Fsp3) is 0.312. The lowest BCUT2D eigenvalue weighted by Gasteiger charge is -2.17. The van der Waals surface area contributed by atoms with E-state index < -0.39 is 24.0 Å². The minimum Gasteiger partial charge on any atom is -0.545 e. The Morgan fingerprint density at radius 3 is 2.32 bits per heavy atom. The monoisotopic (exact) mass is 305 g/mol. The van der Waals surface area contributed by atoms with Gasteiger partial charge < -0.3 is 19.4 Å². The van der Waals surface area contributed by atoms with Gasteiger partial charge in [-0.2, -0.15) is 0 Å². The van der Waals surface area contributed by atoms with E-state index in [1.54, 1.807) is 6.92 Å². The maximum absolute atomic E-state index is 11.9. The number of aromatic carboxylic acids is 1. The lowest BCUT2D eigenvalue weighted by Crippen LogP contribution is -2.27. The van der Waals surface area contributed by atoms with Crippen LogP contribution in [0.4, 0.5) is 0 Å². The Hall–Kier alpha value is -2.63. The molecular weight excluding hydrogens is 288 g/mol. The third-order valence-electron chi connectivity index (χ3n) is 2.84. The van der Waals surface area contributed by atoms with Crippen molar-refractivity contribution >= 4 is 17.9 Å².